The van der Waals surface area contributed by atoms with Gasteiger partial charge in [0.15, 0.2) is 0 Å². The van der Waals surface area contributed by atoms with Crippen LogP contribution in [0.4, 0.5) is 0 Å². The molecule has 2 aliphatic rings. The summed E-state index contributed by atoms with van der Waals surface area (Å²) in [6, 6.07) is -0.605. The van der Waals surface area contributed by atoms with Crippen LogP contribution in [0.2, 0.25) is 0 Å². The Kier molecular flexibility index (Phi) is 6.56. The van der Waals surface area contributed by atoms with Crippen LogP contribution in [0.15, 0.2) is 0 Å². The molecule has 0 aromatic rings. The Morgan fingerprint density at radius 2 is 1.73 bits per heavy atom. The second-order valence-electron chi connectivity index (χ2n) is 5.66. The van der Waals surface area contributed by atoms with Crippen LogP contribution in [0.1, 0.15) is 0 Å². The van der Waals surface area contributed by atoms with Gasteiger partial charge in [-0.25, -0.2) is 0 Å². The van der Waals surface area contributed by atoms with Gasteiger partial charge in [0, 0.05) is 46.4 Å². The number of methoxy groups -OCH3 is 1. The van der Waals surface area contributed by atoms with Gasteiger partial charge in [-0.1, -0.05) is 0 Å². The molecule has 1 atom stereocenters. The van der Waals surface area contributed by atoms with Crippen LogP contribution in [-0.2, 0) is 19.1 Å². The van der Waals surface area contributed by atoms with Crippen molar-refractivity contribution < 1.29 is 19.1 Å². The zero-order valence-electron chi connectivity index (χ0n) is 13.2. The van der Waals surface area contributed by atoms with Gasteiger partial charge in [-0.3, -0.25) is 14.5 Å². The SMILES string of the molecule is COCC(N)C(=O)N1CCN(CC(=O)N2CCOCC2)CC1. The number of rotatable bonds is 5. The summed E-state index contributed by atoms with van der Waals surface area (Å²) in [6.45, 7) is 5.81. The van der Waals surface area contributed by atoms with E-state index in [1.807, 2.05) is 4.90 Å². The molecule has 0 aliphatic carbocycles. The van der Waals surface area contributed by atoms with Crippen LogP contribution in [0, 0.1) is 0 Å². The van der Waals surface area contributed by atoms with Crippen molar-refractivity contribution in [1.82, 2.24) is 14.7 Å². The second-order valence-corrected chi connectivity index (χ2v) is 5.66. The Balaban J connectivity index is 1.72. The molecule has 2 N–H and O–H groups in total. The number of nitrogens with zero attached hydrogens (tertiary/aromatic N) is 3. The number of morpholine rings is 1. The molecule has 22 heavy (non-hydrogen) atoms. The van der Waals surface area contributed by atoms with E-state index in [-0.39, 0.29) is 18.4 Å². The van der Waals surface area contributed by atoms with E-state index in [9.17, 15) is 9.59 Å². The van der Waals surface area contributed by atoms with Crippen LogP contribution in [0.5, 0.6) is 0 Å². The lowest BCUT2D eigenvalue weighted by molar-refractivity contribution is -0.138. The first-order valence-corrected chi connectivity index (χ1v) is 7.73. The van der Waals surface area contributed by atoms with Crippen molar-refractivity contribution in [3.8, 4) is 0 Å². The predicted molar refractivity (Wildman–Crippen MR) is 80.3 cm³/mol. The molecule has 0 aromatic carbocycles. The molecule has 2 heterocycles. The number of nitrogens with two attached hydrogens (primary N) is 1. The van der Waals surface area contributed by atoms with E-state index in [0.717, 1.165) is 0 Å². The average Bonchev–Trinajstić information content (AvgIpc) is 2.56. The predicted octanol–water partition coefficient (Wildman–Crippen LogP) is -2.04. The molecule has 8 nitrogen and oxygen atoms in total. The molecule has 8 heteroatoms. The molecule has 2 saturated heterocycles. The van der Waals surface area contributed by atoms with Crippen molar-refractivity contribution in [2.75, 3.05) is 72.7 Å². The summed E-state index contributed by atoms with van der Waals surface area (Å²) in [4.78, 5) is 29.9. The lowest BCUT2D eigenvalue weighted by Crippen LogP contribution is -2.55. The zero-order valence-corrected chi connectivity index (χ0v) is 13.2. The number of amides is 2. The van der Waals surface area contributed by atoms with Crippen LogP contribution >= 0.6 is 0 Å². The fraction of sp³-hybridized carbons (Fsp3) is 0.857. The summed E-state index contributed by atoms with van der Waals surface area (Å²) in [5, 5.41) is 0. The summed E-state index contributed by atoms with van der Waals surface area (Å²) >= 11 is 0. The van der Waals surface area contributed by atoms with Crippen LogP contribution in [0.3, 0.4) is 0 Å². The summed E-state index contributed by atoms with van der Waals surface area (Å²) in [5.41, 5.74) is 5.77. The Hall–Kier alpha value is -1.22. The van der Waals surface area contributed by atoms with E-state index in [2.05, 4.69) is 4.90 Å². The van der Waals surface area contributed by atoms with Gasteiger partial charge in [-0.15, -0.1) is 0 Å². The molecule has 0 radical (unpaired) electrons. The topological polar surface area (TPSA) is 88.3 Å². The van der Waals surface area contributed by atoms with Crippen LogP contribution in [0.25, 0.3) is 0 Å². The summed E-state index contributed by atoms with van der Waals surface area (Å²) in [7, 11) is 1.53. The molecule has 2 amide bonds. The standard InChI is InChI=1S/C14H26N4O4/c1-21-11-12(15)14(20)18-4-2-16(3-5-18)10-13(19)17-6-8-22-9-7-17/h12H,2-11,15H2,1H3. The van der Waals surface area contributed by atoms with Gasteiger partial charge >= 0.3 is 0 Å². The minimum Gasteiger partial charge on any atom is -0.383 e. The third-order valence-corrected chi connectivity index (χ3v) is 4.07. The molecular weight excluding hydrogens is 288 g/mol. The maximum Gasteiger partial charge on any atom is 0.241 e. The number of carbonyl (C=O) groups excluding carboxylic acids is 2. The van der Waals surface area contributed by atoms with E-state index >= 15 is 0 Å². The van der Waals surface area contributed by atoms with Gasteiger partial charge in [0.25, 0.3) is 0 Å². The second kappa shape index (κ2) is 8.42. The Morgan fingerprint density at radius 3 is 2.32 bits per heavy atom. The molecule has 126 valence electrons. The van der Waals surface area contributed by atoms with Crippen LogP contribution in [-0.4, -0.2) is 105 Å². The van der Waals surface area contributed by atoms with Gasteiger partial charge in [-0.05, 0) is 0 Å². The fourth-order valence-electron chi connectivity index (χ4n) is 2.72. The number of carbonyl (C=O) groups is 2. The molecule has 1 unspecified atom stereocenters. The monoisotopic (exact) mass is 314 g/mol. The Bertz CT molecular complexity index is 379. The van der Waals surface area contributed by atoms with Gasteiger partial charge < -0.3 is 25.0 Å². The van der Waals surface area contributed by atoms with Crippen molar-refractivity contribution >= 4 is 11.8 Å². The van der Waals surface area contributed by atoms with Gasteiger partial charge in [0.2, 0.25) is 11.8 Å². The number of piperazine rings is 1. The quantitative estimate of drug-likeness (QED) is 0.629. The van der Waals surface area contributed by atoms with Gasteiger partial charge in [-0.2, -0.15) is 0 Å². The molecule has 0 bridgehead atoms. The van der Waals surface area contributed by atoms with Crippen molar-refractivity contribution in [2.24, 2.45) is 5.73 Å². The number of hydrogen-bond acceptors (Lipinski definition) is 6. The maximum absolute atomic E-state index is 12.2. The van der Waals surface area contributed by atoms with E-state index in [0.29, 0.717) is 59.0 Å². The van der Waals surface area contributed by atoms with E-state index < -0.39 is 6.04 Å². The highest BCUT2D eigenvalue weighted by Crippen LogP contribution is 2.06. The largest absolute Gasteiger partial charge is 0.383 e. The Labute approximate surface area is 131 Å². The third-order valence-electron chi connectivity index (χ3n) is 4.07. The fourth-order valence-corrected chi connectivity index (χ4v) is 2.72. The molecule has 0 aromatic heterocycles. The van der Waals surface area contributed by atoms with Crippen molar-refractivity contribution in [3.05, 3.63) is 0 Å². The molecule has 2 aliphatic heterocycles. The van der Waals surface area contributed by atoms with Gasteiger partial charge in [0.1, 0.15) is 6.04 Å². The average molecular weight is 314 g/mol. The first-order chi connectivity index (χ1) is 10.6. The highest BCUT2D eigenvalue weighted by atomic mass is 16.5. The van der Waals surface area contributed by atoms with E-state index in [1.165, 1.54) is 7.11 Å². The minimum atomic E-state index is -0.605. The van der Waals surface area contributed by atoms with E-state index in [1.54, 1.807) is 4.90 Å². The van der Waals surface area contributed by atoms with E-state index in [4.69, 9.17) is 15.2 Å². The first kappa shape index (κ1) is 17.1. The smallest absolute Gasteiger partial charge is 0.241 e. The maximum atomic E-state index is 12.2. The highest BCUT2D eigenvalue weighted by molar-refractivity contribution is 5.82. The molecule has 0 spiro atoms. The van der Waals surface area contributed by atoms with Gasteiger partial charge in [0.05, 0.1) is 26.4 Å². The number of ether oxygens (including phenoxy) is 2. The lowest BCUT2D eigenvalue weighted by Gasteiger charge is -2.36. The third kappa shape index (κ3) is 4.64. The van der Waals surface area contributed by atoms with Crippen LogP contribution < -0.4 is 5.73 Å². The summed E-state index contributed by atoms with van der Waals surface area (Å²) < 4.78 is 10.2. The first-order valence-electron chi connectivity index (χ1n) is 7.73. The summed E-state index contributed by atoms with van der Waals surface area (Å²) in [5.74, 6) is 0.0557. The zero-order chi connectivity index (χ0) is 15.9. The highest BCUT2D eigenvalue weighted by Gasteiger charge is 2.27. The minimum absolute atomic E-state index is 0.0824. The normalized spacial score (nSPS) is 21.7. The van der Waals surface area contributed by atoms with Crippen molar-refractivity contribution in [3.63, 3.8) is 0 Å². The molecule has 2 rings (SSSR count). The lowest BCUT2D eigenvalue weighted by atomic mass is 10.2. The summed E-state index contributed by atoms with van der Waals surface area (Å²) in [6.07, 6.45) is 0. The van der Waals surface area contributed by atoms with Crippen molar-refractivity contribution in [1.29, 1.82) is 0 Å². The molecular formula is C14H26N4O4. The van der Waals surface area contributed by atoms with Crippen molar-refractivity contribution in [2.45, 2.75) is 6.04 Å². The number of hydrogen-bond donors (Lipinski definition) is 1. The Morgan fingerprint density at radius 1 is 1.09 bits per heavy atom. The molecule has 0 saturated carbocycles. The molecule has 2 fully saturated rings.